The Morgan fingerprint density at radius 2 is 1.83 bits per heavy atom. The normalized spacial score (nSPS) is 11.5. The molecule has 0 bridgehead atoms. The Hall–Kier alpha value is -1.50. The van der Waals surface area contributed by atoms with Crippen LogP contribution in [0.25, 0.3) is 0 Å². The third kappa shape index (κ3) is 4.75. The van der Waals surface area contributed by atoms with Crippen LogP contribution in [0.5, 0.6) is 11.5 Å². The van der Waals surface area contributed by atoms with Gasteiger partial charge < -0.3 is 20.1 Å². The van der Waals surface area contributed by atoms with Crippen molar-refractivity contribution < 1.29 is 9.47 Å². The molecule has 24 heavy (non-hydrogen) atoms. The predicted molar refractivity (Wildman–Crippen MR) is 106 cm³/mol. The molecule has 2 aromatic carbocycles. The Balaban J connectivity index is 2.06. The summed E-state index contributed by atoms with van der Waals surface area (Å²) >= 11 is 14.9. The van der Waals surface area contributed by atoms with Gasteiger partial charge in [0.15, 0.2) is 16.6 Å². The number of rotatable bonds is 5. The molecular formula is C17H18BrClN2O2S. The fourth-order valence-corrected chi connectivity index (χ4v) is 3.16. The Morgan fingerprint density at radius 3 is 2.46 bits per heavy atom. The molecule has 2 rings (SSSR count). The van der Waals surface area contributed by atoms with Crippen molar-refractivity contribution in [3.05, 3.63) is 51.5 Å². The van der Waals surface area contributed by atoms with E-state index in [-0.39, 0.29) is 6.04 Å². The SMILES string of the molecule is COc1ccc(C(C)NC(=S)Nc2ccc(Br)cc2Cl)cc1OC. The van der Waals surface area contributed by atoms with Crippen LogP contribution in [-0.2, 0) is 0 Å². The number of anilines is 1. The van der Waals surface area contributed by atoms with E-state index in [9.17, 15) is 0 Å². The molecule has 1 atom stereocenters. The lowest BCUT2D eigenvalue weighted by atomic mass is 10.1. The number of halogens is 2. The number of methoxy groups -OCH3 is 2. The Bertz CT molecular complexity index is 743. The van der Waals surface area contributed by atoms with Gasteiger partial charge >= 0.3 is 0 Å². The van der Waals surface area contributed by atoms with E-state index in [1.54, 1.807) is 14.2 Å². The average Bonchev–Trinajstić information content (AvgIpc) is 2.56. The summed E-state index contributed by atoms with van der Waals surface area (Å²) in [5, 5.41) is 7.41. The summed E-state index contributed by atoms with van der Waals surface area (Å²) in [5.74, 6) is 1.37. The van der Waals surface area contributed by atoms with Gasteiger partial charge in [0.1, 0.15) is 0 Å². The minimum Gasteiger partial charge on any atom is -0.493 e. The van der Waals surface area contributed by atoms with Crippen molar-refractivity contribution in [1.29, 1.82) is 0 Å². The molecule has 0 saturated carbocycles. The standard InChI is InChI=1S/C17H18BrClN2O2S/c1-10(11-4-7-15(22-2)16(8-11)23-3)20-17(24)21-14-6-5-12(18)9-13(14)19/h4-10H,1-3H3,(H2,20,21,24). The van der Waals surface area contributed by atoms with Gasteiger partial charge in [-0.25, -0.2) is 0 Å². The Morgan fingerprint density at radius 1 is 1.12 bits per heavy atom. The van der Waals surface area contributed by atoms with Crippen LogP contribution in [-0.4, -0.2) is 19.3 Å². The maximum atomic E-state index is 6.19. The minimum absolute atomic E-state index is 0.0148. The van der Waals surface area contributed by atoms with Crippen LogP contribution in [0.1, 0.15) is 18.5 Å². The molecule has 128 valence electrons. The fraction of sp³-hybridized carbons (Fsp3) is 0.235. The molecule has 7 heteroatoms. The lowest BCUT2D eigenvalue weighted by molar-refractivity contribution is 0.354. The van der Waals surface area contributed by atoms with Crippen LogP contribution in [0.15, 0.2) is 40.9 Å². The van der Waals surface area contributed by atoms with E-state index in [1.807, 2.05) is 43.3 Å². The quantitative estimate of drug-likeness (QED) is 0.642. The summed E-state index contributed by atoms with van der Waals surface area (Å²) in [5.41, 5.74) is 1.77. The fourth-order valence-electron chi connectivity index (χ4n) is 2.15. The van der Waals surface area contributed by atoms with Gasteiger partial charge in [-0.3, -0.25) is 0 Å². The van der Waals surface area contributed by atoms with Crippen molar-refractivity contribution in [2.24, 2.45) is 0 Å². The van der Waals surface area contributed by atoms with Gasteiger partial charge in [0.2, 0.25) is 0 Å². The van der Waals surface area contributed by atoms with E-state index in [2.05, 4.69) is 26.6 Å². The van der Waals surface area contributed by atoms with Crippen LogP contribution in [0, 0.1) is 0 Å². The van der Waals surface area contributed by atoms with E-state index in [1.165, 1.54) is 0 Å². The van der Waals surface area contributed by atoms with Crippen molar-refractivity contribution in [3.8, 4) is 11.5 Å². The first-order valence-electron chi connectivity index (χ1n) is 7.19. The molecule has 0 spiro atoms. The highest BCUT2D eigenvalue weighted by Gasteiger charge is 2.12. The van der Waals surface area contributed by atoms with Gasteiger partial charge in [-0.05, 0) is 55.0 Å². The highest BCUT2D eigenvalue weighted by atomic mass is 79.9. The highest BCUT2D eigenvalue weighted by Crippen LogP contribution is 2.30. The van der Waals surface area contributed by atoms with Crippen molar-refractivity contribution >= 4 is 50.5 Å². The highest BCUT2D eigenvalue weighted by molar-refractivity contribution is 9.10. The van der Waals surface area contributed by atoms with Gasteiger partial charge in [-0.2, -0.15) is 0 Å². The average molecular weight is 430 g/mol. The summed E-state index contributed by atoms with van der Waals surface area (Å²) < 4.78 is 11.5. The van der Waals surface area contributed by atoms with Gasteiger partial charge in [0.05, 0.1) is 31.0 Å². The summed E-state index contributed by atoms with van der Waals surface area (Å²) in [6.45, 7) is 2.01. The van der Waals surface area contributed by atoms with Gasteiger partial charge in [-0.15, -0.1) is 0 Å². The molecule has 0 aliphatic rings. The zero-order chi connectivity index (χ0) is 17.7. The Labute approximate surface area is 160 Å². The number of benzene rings is 2. The van der Waals surface area contributed by atoms with E-state index in [4.69, 9.17) is 33.3 Å². The van der Waals surface area contributed by atoms with E-state index in [0.29, 0.717) is 21.6 Å². The molecule has 0 heterocycles. The molecule has 0 radical (unpaired) electrons. The number of hydrogen-bond acceptors (Lipinski definition) is 3. The first-order valence-corrected chi connectivity index (χ1v) is 8.77. The predicted octanol–water partition coefficient (Wildman–Crippen LogP) is 5.17. The zero-order valence-corrected chi connectivity index (χ0v) is 16.7. The monoisotopic (exact) mass is 428 g/mol. The second-order valence-electron chi connectivity index (χ2n) is 5.06. The van der Waals surface area contributed by atoms with Crippen molar-refractivity contribution in [2.75, 3.05) is 19.5 Å². The molecule has 0 aliphatic carbocycles. The number of thiocarbonyl (C=S) groups is 1. The minimum atomic E-state index is -0.0148. The molecule has 0 aromatic heterocycles. The van der Waals surface area contributed by atoms with E-state index >= 15 is 0 Å². The third-order valence-corrected chi connectivity index (χ3v) is 4.46. The summed E-state index contributed by atoms with van der Waals surface area (Å²) in [6.07, 6.45) is 0. The van der Waals surface area contributed by atoms with Crippen LogP contribution in [0.3, 0.4) is 0 Å². The number of ether oxygens (including phenoxy) is 2. The summed E-state index contributed by atoms with van der Waals surface area (Å²) in [7, 11) is 3.22. The molecule has 0 amide bonds. The largest absolute Gasteiger partial charge is 0.493 e. The lowest BCUT2D eigenvalue weighted by Gasteiger charge is -2.19. The van der Waals surface area contributed by atoms with Crippen LogP contribution >= 0.6 is 39.7 Å². The molecule has 2 aromatic rings. The molecule has 0 aliphatic heterocycles. The number of nitrogens with one attached hydrogen (secondary N) is 2. The second kappa shape index (κ2) is 8.55. The van der Waals surface area contributed by atoms with Gasteiger partial charge in [0.25, 0.3) is 0 Å². The van der Waals surface area contributed by atoms with Crippen molar-refractivity contribution in [1.82, 2.24) is 5.32 Å². The van der Waals surface area contributed by atoms with Crippen molar-refractivity contribution in [2.45, 2.75) is 13.0 Å². The Kier molecular flexibility index (Phi) is 6.71. The van der Waals surface area contributed by atoms with Crippen LogP contribution < -0.4 is 20.1 Å². The summed E-state index contributed by atoms with van der Waals surface area (Å²) in [4.78, 5) is 0. The van der Waals surface area contributed by atoms with Gasteiger partial charge in [-0.1, -0.05) is 33.6 Å². The second-order valence-corrected chi connectivity index (χ2v) is 6.79. The topological polar surface area (TPSA) is 42.5 Å². The molecular weight excluding hydrogens is 412 g/mol. The first-order chi connectivity index (χ1) is 11.4. The molecule has 2 N–H and O–H groups in total. The molecule has 4 nitrogen and oxygen atoms in total. The van der Waals surface area contributed by atoms with Crippen LogP contribution in [0.2, 0.25) is 5.02 Å². The number of hydrogen-bond donors (Lipinski definition) is 2. The van der Waals surface area contributed by atoms with E-state index in [0.717, 1.165) is 15.7 Å². The van der Waals surface area contributed by atoms with Gasteiger partial charge in [0, 0.05) is 4.47 Å². The smallest absolute Gasteiger partial charge is 0.171 e. The maximum Gasteiger partial charge on any atom is 0.171 e. The van der Waals surface area contributed by atoms with Crippen molar-refractivity contribution in [3.63, 3.8) is 0 Å². The zero-order valence-electron chi connectivity index (χ0n) is 13.5. The molecule has 0 saturated heterocycles. The van der Waals surface area contributed by atoms with Crippen LogP contribution in [0.4, 0.5) is 5.69 Å². The summed E-state index contributed by atoms with van der Waals surface area (Å²) in [6, 6.07) is 11.3. The molecule has 0 fully saturated rings. The molecule has 1 unspecified atom stereocenters. The first kappa shape index (κ1) is 18.8. The maximum absolute atomic E-state index is 6.19. The third-order valence-electron chi connectivity index (χ3n) is 3.43. The van der Waals surface area contributed by atoms with E-state index < -0.39 is 0 Å². The lowest BCUT2D eigenvalue weighted by Crippen LogP contribution is -2.31.